The van der Waals surface area contributed by atoms with Gasteiger partial charge in [0.15, 0.2) is 0 Å². The van der Waals surface area contributed by atoms with Crippen LogP contribution in [0, 0.1) is 5.92 Å². The second-order valence-corrected chi connectivity index (χ2v) is 3.87. The van der Waals surface area contributed by atoms with E-state index in [0.717, 1.165) is 24.3 Å². The first-order valence-electron chi connectivity index (χ1n) is 5.41. The first-order chi connectivity index (χ1) is 7.79. The van der Waals surface area contributed by atoms with Crippen molar-refractivity contribution in [3.63, 3.8) is 0 Å². The molecule has 0 atom stereocenters. The number of hydrogen-bond acceptors (Lipinski definition) is 3. The Bertz CT molecular complexity index is 382. The number of carbonyl (C=O) groups is 1. The average molecular weight is 217 g/mol. The van der Waals surface area contributed by atoms with E-state index in [1.54, 1.807) is 12.3 Å². The van der Waals surface area contributed by atoms with E-state index in [1.807, 2.05) is 12.1 Å². The molecular formula is C12H15N3O. The number of pyridine rings is 1. The Balaban J connectivity index is 1.90. The lowest BCUT2D eigenvalue weighted by atomic mass is 10.3. The third-order valence-corrected chi connectivity index (χ3v) is 2.41. The van der Waals surface area contributed by atoms with Crippen LogP contribution in [0.4, 0.5) is 11.5 Å². The number of amides is 1. The summed E-state index contributed by atoms with van der Waals surface area (Å²) in [5.74, 6) is 1.11. The maximum Gasteiger partial charge on any atom is 0.227 e. The highest BCUT2D eigenvalue weighted by atomic mass is 16.2. The zero-order valence-corrected chi connectivity index (χ0v) is 9.07. The SMILES string of the molecule is C=CCNc1ccc(NC(=O)C2CC2)cn1. The number of nitrogens with zero attached hydrogens (tertiary/aromatic N) is 1. The molecule has 1 saturated carbocycles. The Kier molecular flexibility index (Phi) is 3.19. The van der Waals surface area contributed by atoms with Gasteiger partial charge in [0.05, 0.1) is 11.9 Å². The predicted molar refractivity (Wildman–Crippen MR) is 64.3 cm³/mol. The first-order valence-corrected chi connectivity index (χ1v) is 5.41. The van der Waals surface area contributed by atoms with Gasteiger partial charge in [-0.3, -0.25) is 4.79 Å². The fraction of sp³-hybridized carbons (Fsp3) is 0.333. The summed E-state index contributed by atoms with van der Waals surface area (Å²) in [7, 11) is 0. The molecular weight excluding hydrogens is 202 g/mol. The molecule has 16 heavy (non-hydrogen) atoms. The maximum atomic E-state index is 11.5. The van der Waals surface area contributed by atoms with Crippen molar-refractivity contribution < 1.29 is 4.79 Å². The molecule has 1 aromatic heterocycles. The van der Waals surface area contributed by atoms with Crippen molar-refractivity contribution in [1.82, 2.24) is 4.98 Å². The van der Waals surface area contributed by atoms with Crippen molar-refractivity contribution in [2.24, 2.45) is 5.92 Å². The van der Waals surface area contributed by atoms with E-state index in [2.05, 4.69) is 22.2 Å². The van der Waals surface area contributed by atoms with Gasteiger partial charge in [0, 0.05) is 12.5 Å². The molecule has 1 aromatic rings. The fourth-order valence-corrected chi connectivity index (χ4v) is 1.34. The molecule has 0 spiro atoms. The molecule has 2 N–H and O–H groups in total. The summed E-state index contributed by atoms with van der Waals surface area (Å²) < 4.78 is 0. The minimum atomic E-state index is 0.105. The van der Waals surface area contributed by atoms with Crippen LogP contribution in [0.5, 0.6) is 0 Å². The van der Waals surface area contributed by atoms with Crippen LogP contribution in [0.3, 0.4) is 0 Å². The third kappa shape index (κ3) is 2.82. The largest absolute Gasteiger partial charge is 0.367 e. The van der Waals surface area contributed by atoms with Gasteiger partial charge in [0.1, 0.15) is 5.82 Å². The van der Waals surface area contributed by atoms with Gasteiger partial charge in [-0.15, -0.1) is 6.58 Å². The number of anilines is 2. The van der Waals surface area contributed by atoms with Crippen molar-refractivity contribution in [1.29, 1.82) is 0 Å². The second-order valence-electron chi connectivity index (χ2n) is 3.87. The Morgan fingerprint density at radius 1 is 1.56 bits per heavy atom. The zero-order chi connectivity index (χ0) is 11.4. The standard InChI is InChI=1S/C12H15N3O/c1-2-7-13-11-6-5-10(8-14-11)15-12(16)9-3-4-9/h2,5-6,8-9H,1,3-4,7H2,(H,13,14)(H,15,16). The number of nitrogens with one attached hydrogen (secondary N) is 2. The molecule has 84 valence electrons. The maximum absolute atomic E-state index is 11.5. The molecule has 2 rings (SSSR count). The zero-order valence-electron chi connectivity index (χ0n) is 9.07. The van der Waals surface area contributed by atoms with Crippen LogP contribution in [-0.2, 0) is 4.79 Å². The summed E-state index contributed by atoms with van der Waals surface area (Å²) in [6.07, 6.45) is 5.45. The summed E-state index contributed by atoms with van der Waals surface area (Å²) in [4.78, 5) is 15.6. The summed E-state index contributed by atoms with van der Waals surface area (Å²) >= 11 is 0. The van der Waals surface area contributed by atoms with Crippen molar-refractivity contribution >= 4 is 17.4 Å². The highest BCUT2D eigenvalue weighted by Gasteiger charge is 2.29. The smallest absolute Gasteiger partial charge is 0.227 e. The van der Waals surface area contributed by atoms with E-state index in [0.29, 0.717) is 6.54 Å². The van der Waals surface area contributed by atoms with E-state index in [9.17, 15) is 4.79 Å². The number of carbonyl (C=O) groups excluding carboxylic acids is 1. The van der Waals surface area contributed by atoms with Crippen LogP contribution in [0.15, 0.2) is 31.0 Å². The normalized spacial score (nSPS) is 14.2. The minimum absolute atomic E-state index is 0.105. The van der Waals surface area contributed by atoms with Gasteiger partial charge in [-0.25, -0.2) is 4.98 Å². The van der Waals surface area contributed by atoms with Gasteiger partial charge in [-0.2, -0.15) is 0 Å². The van der Waals surface area contributed by atoms with E-state index < -0.39 is 0 Å². The Morgan fingerprint density at radius 3 is 2.94 bits per heavy atom. The van der Waals surface area contributed by atoms with Gasteiger partial charge in [-0.1, -0.05) is 6.08 Å². The molecule has 0 unspecified atom stereocenters. The molecule has 4 heteroatoms. The summed E-state index contributed by atoms with van der Waals surface area (Å²) in [5, 5.41) is 5.91. The lowest BCUT2D eigenvalue weighted by Gasteiger charge is -2.05. The Labute approximate surface area is 94.8 Å². The van der Waals surface area contributed by atoms with Crippen LogP contribution >= 0.6 is 0 Å². The Morgan fingerprint density at radius 2 is 2.38 bits per heavy atom. The van der Waals surface area contributed by atoms with Crippen LogP contribution < -0.4 is 10.6 Å². The molecule has 0 aliphatic heterocycles. The van der Waals surface area contributed by atoms with Crippen LogP contribution in [0.25, 0.3) is 0 Å². The van der Waals surface area contributed by atoms with E-state index in [1.165, 1.54) is 0 Å². The molecule has 1 heterocycles. The molecule has 0 bridgehead atoms. The lowest BCUT2D eigenvalue weighted by Crippen LogP contribution is -2.13. The summed E-state index contributed by atoms with van der Waals surface area (Å²) in [6, 6.07) is 3.69. The van der Waals surface area contributed by atoms with Crippen molar-refractivity contribution in [2.75, 3.05) is 17.2 Å². The molecule has 0 saturated heterocycles. The predicted octanol–water partition coefficient (Wildman–Crippen LogP) is 2.03. The molecule has 4 nitrogen and oxygen atoms in total. The van der Waals surface area contributed by atoms with Gasteiger partial charge in [0.25, 0.3) is 0 Å². The van der Waals surface area contributed by atoms with E-state index in [-0.39, 0.29) is 11.8 Å². The van der Waals surface area contributed by atoms with Crippen molar-refractivity contribution in [2.45, 2.75) is 12.8 Å². The Hall–Kier alpha value is -1.84. The fourth-order valence-electron chi connectivity index (χ4n) is 1.34. The quantitative estimate of drug-likeness (QED) is 0.742. The first kappa shape index (κ1) is 10.7. The van der Waals surface area contributed by atoms with Crippen LogP contribution in [0.1, 0.15) is 12.8 Å². The van der Waals surface area contributed by atoms with Gasteiger partial charge < -0.3 is 10.6 Å². The van der Waals surface area contributed by atoms with E-state index >= 15 is 0 Å². The van der Waals surface area contributed by atoms with Crippen LogP contribution in [-0.4, -0.2) is 17.4 Å². The highest BCUT2D eigenvalue weighted by molar-refractivity contribution is 5.93. The topological polar surface area (TPSA) is 54.0 Å². The number of aromatic nitrogens is 1. The monoisotopic (exact) mass is 217 g/mol. The number of hydrogen-bond donors (Lipinski definition) is 2. The van der Waals surface area contributed by atoms with Crippen LogP contribution in [0.2, 0.25) is 0 Å². The third-order valence-electron chi connectivity index (χ3n) is 2.41. The minimum Gasteiger partial charge on any atom is -0.367 e. The summed E-state index contributed by atoms with van der Waals surface area (Å²) in [5.41, 5.74) is 0.751. The van der Waals surface area contributed by atoms with Crippen molar-refractivity contribution in [3.05, 3.63) is 31.0 Å². The lowest BCUT2D eigenvalue weighted by molar-refractivity contribution is -0.117. The average Bonchev–Trinajstić information content (AvgIpc) is 3.12. The molecule has 1 fully saturated rings. The van der Waals surface area contributed by atoms with Gasteiger partial charge in [0.2, 0.25) is 5.91 Å². The van der Waals surface area contributed by atoms with Gasteiger partial charge in [-0.05, 0) is 25.0 Å². The molecule has 0 aromatic carbocycles. The van der Waals surface area contributed by atoms with Crippen molar-refractivity contribution in [3.8, 4) is 0 Å². The highest BCUT2D eigenvalue weighted by Crippen LogP contribution is 2.30. The molecule has 1 aliphatic carbocycles. The second kappa shape index (κ2) is 4.79. The number of rotatable bonds is 5. The van der Waals surface area contributed by atoms with E-state index in [4.69, 9.17) is 0 Å². The summed E-state index contributed by atoms with van der Waals surface area (Å²) in [6.45, 7) is 4.29. The molecule has 1 amide bonds. The molecule has 1 aliphatic rings. The molecule has 0 radical (unpaired) electrons. The van der Waals surface area contributed by atoms with Gasteiger partial charge >= 0.3 is 0 Å².